The summed E-state index contributed by atoms with van der Waals surface area (Å²) in [6.45, 7) is 0.688. The lowest BCUT2D eigenvalue weighted by atomic mass is 9.91. The number of carboxylic acids is 1. The first kappa shape index (κ1) is 17.7. The van der Waals surface area contributed by atoms with E-state index in [-0.39, 0.29) is 11.8 Å². The number of carbonyl (C=O) groups is 2. The number of carboxylic acid groups (broad SMARTS) is 1. The second kappa shape index (κ2) is 7.75. The van der Waals surface area contributed by atoms with E-state index in [4.69, 9.17) is 11.6 Å². The molecule has 5 nitrogen and oxygen atoms in total. The third kappa shape index (κ3) is 4.20. The molecule has 0 spiro atoms. The third-order valence-electron chi connectivity index (χ3n) is 4.30. The van der Waals surface area contributed by atoms with Crippen LogP contribution >= 0.6 is 11.6 Å². The Morgan fingerprint density at radius 2 is 2.17 bits per heavy atom. The van der Waals surface area contributed by atoms with Crippen LogP contribution in [0.2, 0.25) is 5.02 Å². The summed E-state index contributed by atoms with van der Waals surface area (Å²) in [7, 11) is 1.56. The van der Waals surface area contributed by atoms with Crippen LogP contribution in [0.4, 0.5) is 4.39 Å². The van der Waals surface area contributed by atoms with Crippen molar-refractivity contribution in [2.24, 2.45) is 5.92 Å². The largest absolute Gasteiger partial charge is 0.480 e. The number of benzene rings is 1. The molecule has 7 heteroatoms. The van der Waals surface area contributed by atoms with Gasteiger partial charge in [0.25, 0.3) is 0 Å². The number of aliphatic carboxylic acids is 1. The number of nitrogens with one attached hydrogen (secondary N) is 1. The number of hydrogen-bond donors (Lipinski definition) is 2. The summed E-state index contributed by atoms with van der Waals surface area (Å²) in [6, 6.07) is 3.82. The van der Waals surface area contributed by atoms with Crippen molar-refractivity contribution in [3.8, 4) is 0 Å². The molecule has 1 amide bonds. The first-order valence-electron chi connectivity index (χ1n) is 7.55. The Labute approximate surface area is 139 Å². The molecule has 0 saturated carbocycles. The maximum absolute atomic E-state index is 13.8. The molecular weight excluding hydrogens is 323 g/mol. The Morgan fingerprint density at radius 3 is 2.78 bits per heavy atom. The van der Waals surface area contributed by atoms with E-state index in [1.807, 2.05) is 0 Å². The quantitative estimate of drug-likeness (QED) is 0.858. The normalized spacial score (nSPS) is 21.9. The summed E-state index contributed by atoms with van der Waals surface area (Å²) in [5, 5.41) is 12.3. The van der Waals surface area contributed by atoms with Crippen LogP contribution in [0, 0.1) is 11.7 Å². The molecule has 0 aliphatic carbocycles. The highest BCUT2D eigenvalue weighted by atomic mass is 35.5. The van der Waals surface area contributed by atoms with Crippen LogP contribution in [0.25, 0.3) is 0 Å². The van der Waals surface area contributed by atoms with Crippen LogP contribution in [-0.2, 0) is 16.0 Å². The average molecular weight is 343 g/mol. The molecule has 1 heterocycles. The van der Waals surface area contributed by atoms with E-state index < -0.39 is 17.8 Å². The van der Waals surface area contributed by atoms with Gasteiger partial charge < -0.3 is 10.4 Å². The summed E-state index contributed by atoms with van der Waals surface area (Å²) in [5.41, 5.74) is 0.375. The molecule has 1 fully saturated rings. The molecule has 0 unspecified atom stereocenters. The van der Waals surface area contributed by atoms with Crippen molar-refractivity contribution in [3.05, 3.63) is 34.6 Å². The van der Waals surface area contributed by atoms with Gasteiger partial charge in [0, 0.05) is 30.7 Å². The third-order valence-corrected chi connectivity index (χ3v) is 4.65. The zero-order valence-electron chi connectivity index (χ0n) is 12.9. The van der Waals surface area contributed by atoms with Crippen molar-refractivity contribution in [2.45, 2.75) is 25.3 Å². The lowest BCUT2D eigenvalue weighted by Gasteiger charge is -2.36. The molecule has 1 aromatic rings. The van der Waals surface area contributed by atoms with Crippen LogP contribution < -0.4 is 5.32 Å². The topological polar surface area (TPSA) is 69.6 Å². The van der Waals surface area contributed by atoms with E-state index in [0.29, 0.717) is 42.9 Å². The van der Waals surface area contributed by atoms with Crippen LogP contribution in [0.5, 0.6) is 0 Å². The molecule has 23 heavy (non-hydrogen) atoms. The number of likely N-dealkylation sites (tertiary alicyclic amines) is 1. The first-order valence-corrected chi connectivity index (χ1v) is 7.93. The maximum Gasteiger partial charge on any atom is 0.320 e. The first-order chi connectivity index (χ1) is 10.9. The molecule has 0 bridgehead atoms. The molecule has 2 atom stereocenters. The molecule has 0 radical (unpaired) electrons. The second-order valence-electron chi connectivity index (χ2n) is 5.69. The summed E-state index contributed by atoms with van der Waals surface area (Å²) < 4.78 is 13.8. The molecule has 126 valence electrons. The van der Waals surface area contributed by atoms with Crippen molar-refractivity contribution in [1.82, 2.24) is 10.2 Å². The van der Waals surface area contributed by atoms with Gasteiger partial charge in [0.15, 0.2) is 0 Å². The molecular formula is C16H20ClFN2O3. The number of halogens is 2. The Bertz CT molecular complexity index is 576. The fourth-order valence-corrected chi connectivity index (χ4v) is 3.27. The molecule has 1 aliphatic heterocycles. The summed E-state index contributed by atoms with van der Waals surface area (Å²) in [6.07, 6.45) is 1.24. The molecule has 0 aromatic heterocycles. The number of carbonyl (C=O) groups excluding carboxylic acids is 1. The average Bonchev–Trinajstić information content (AvgIpc) is 2.53. The van der Waals surface area contributed by atoms with Crippen molar-refractivity contribution in [2.75, 3.05) is 20.1 Å². The number of piperidine rings is 1. The van der Waals surface area contributed by atoms with Crippen molar-refractivity contribution in [1.29, 1.82) is 0 Å². The van der Waals surface area contributed by atoms with E-state index in [2.05, 4.69) is 5.32 Å². The molecule has 2 N–H and O–H groups in total. The zero-order chi connectivity index (χ0) is 17.0. The fraction of sp³-hybridized carbons (Fsp3) is 0.500. The lowest BCUT2D eigenvalue weighted by Crippen LogP contribution is -2.51. The van der Waals surface area contributed by atoms with Gasteiger partial charge in [-0.2, -0.15) is 0 Å². The van der Waals surface area contributed by atoms with Crippen LogP contribution in [0.15, 0.2) is 18.2 Å². The van der Waals surface area contributed by atoms with Crippen molar-refractivity contribution in [3.63, 3.8) is 0 Å². The number of amides is 1. The standard InChI is InChI=1S/C16H20ClFN2O3/c1-19-15(21)10-5-6-14(16(22)23)20(9-10)8-7-11-12(17)3-2-4-13(11)18/h2-4,10,14H,5-9H2,1H3,(H,19,21)(H,22,23)/t10-,14-/m0/s1. The Morgan fingerprint density at radius 1 is 1.43 bits per heavy atom. The van der Waals surface area contributed by atoms with Gasteiger partial charge in [-0.25, -0.2) is 4.39 Å². The minimum atomic E-state index is -0.917. The van der Waals surface area contributed by atoms with Gasteiger partial charge in [-0.05, 0) is 31.4 Å². The lowest BCUT2D eigenvalue weighted by molar-refractivity contribution is -0.147. The van der Waals surface area contributed by atoms with Gasteiger partial charge >= 0.3 is 5.97 Å². The van der Waals surface area contributed by atoms with Crippen molar-refractivity contribution >= 4 is 23.5 Å². The maximum atomic E-state index is 13.8. The number of nitrogens with zero attached hydrogens (tertiary/aromatic N) is 1. The predicted octanol–water partition coefficient (Wildman–Crippen LogP) is 1.93. The zero-order valence-corrected chi connectivity index (χ0v) is 13.6. The van der Waals surface area contributed by atoms with Crippen LogP contribution in [0.3, 0.4) is 0 Å². The highest BCUT2D eigenvalue weighted by molar-refractivity contribution is 6.31. The van der Waals surface area contributed by atoms with E-state index in [0.717, 1.165) is 0 Å². The van der Waals surface area contributed by atoms with Crippen LogP contribution in [0.1, 0.15) is 18.4 Å². The molecule has 1 saturated heterocycles. The summed E-state index contributed by atoms with van der Waals surface area (Å²) in [4.78, 5) is 24.9. The number of hydrogen-bond acceptors (Lipinski definition) is 3. The monoisotopic (exact) mass is 342 g/mol. The van der Waals surface area contributed by atoms with Crippen molar-refractivity contribution < 1.29 is 19.1 Å². The van der Waals surface area contributed by atoms with Gasteiger partial charge in [-0.15, -0.1) is 0 Å². The van der Waals surface area contributed by atoms with Gasteiger partial charge in [0.1, 0.15) is 11.9 Å². The van der Waals surface area contributed by atoms with Crippen LogP contribution in [-0.4, -0.2) is 48.1 Å². The Balaban J connectivity index is 2.09. The highest BCUT2D eigenvalue weighted by Crippen LogP contribution is 2.25. The minimum absolute atomic E-state index is 0.0947. The predicted molar refractivity (Wildman–Crippen MR) is 84.9 cm³/mol. The Kier molecular flexibility index (Phi) is 5.96. The molecule has 1 aromatic carbocycles. The Hall–Kier alpha value is -1.66. The summed E-state index contributed by atoms with van der Waals surface area (Å²) >= 11 is 6.01. The number of rotatable bonds is 5. The van der Waals surface area contributed by atoms with Gasteiger partial charge in [-0.3, -0.25) is 14.5 Å². The second-order valence-corrected chi connectivity index (χ2v) is 6.09. The van der Waals surface area contributed by atoms with E-state index in [1.54, 1.807) is 18.0 Å². The smallest absolute Gasteiger partial charge is 0.320 e. The van der Waals surface area contributed by atoms with E-state index >= 15 is 0 Å². The van der Waals surface area contributed by atoms with Gasteiger partial charge in [0.2, 0.25) is 5.91 Å². The highest BCUT2D eigenvalue weighted by Gasteiger charge is 2.35. The van der Waals surface area contributed by atoms with E-state index in [9.17, 15) is 19.1 Å². The van der Waals surface area contributed by atoms with Gasteiger partial charge in [0.05, 0.1) is 5.92 Å². The molecule has 1 aliphatic rings. The fourth-order valence-electron chi connectivity index (χ4n) is 3.01. The molecule has 2 rings (SSSR count). The van der Waals surface area contributed by atoms with Gasteiger partial charge in [-0.1, -0.05) is 17.7 Å². The summed E-state index contributed by atoms with van der Waals surface area (Å²) in [5.74, 6) is -1.65. The van der Waals surface area contributed by atoms with E-state index in [1.165, 1.54) is 12.1 Å². The minimum Gasteiger partial charge on any atom is -0.480 e. The SMILES string of the molecule is CNC(=O)[C@H]1CC[C@@H](C(=O)O)N(CCc2c(F)cccc2Cl)C1.